The predicted octanol–water partition coefficient (Wildman–Crippen LogP) is 2.30. The molecule has 7 heteroatoms. The van der Waals surface area contributed by atoms with Crippen LogP contribution in [0, 0.1) is 23.2 Å². The van der Waals surface area contributed by atoms with Gasteiger partial charge >= 0.3 is 0 Å². The highest BCUT2D eigenvalue weighted by atomic mass is 16.2. The van der Waals surface area contributed by atoms with E-state index in [-0.39, 0.29) is 23.8 Å². The molecular formula is C23H28N6O. The number of nitrogens with zero attached hydrogens (tertiary/aromatic N) is 3. The molecule has 0 radical (unpaired) electrons. The van der Waals surface area contributed by atoms with Gasteiger partial charge in [0.25, 0.3) is 0 Å². The van der Waals surface area contributed by atoms with Crippen LogP contribution in [0.4, 0.5) is 0 Å². The first-order chi connectivity index (χ1) is 14.6. The molecule has 4 N–H and O–H groups in total. The molecular weight excluding hydrogens is 376 g/mol. The number of hydrogen-bond donors (Lipinski definition) is 3. The summed E-state index contributed by atoms with van der Waals surface area (Å²) in [6.07, 6.45) is 7.10. The van der Waals surface area contributed by atoms with Crippen molar-refractivity contribution in [2.45, 2.75) is 50.0 Å². The molecule has 4 unspecified atom stereocenters. The van der Waals surface area contributed by atoms with Crippen molar-refractivity contribution in [3.63, 3.8) is 0 Å². The predicted molar refractivity (Wildman–Crippen MR) is 113 cm³/mol. The second-order valence-electron chi connectivity index (χ2n) is 9.02. The highest BCUT2D eigenvalue weighted by Gasteiger charge is 2.43. The van der Waals surface area contributed by atoms with Gasteiger partial charge in [-0.15, -0.1) is 0 Å². The Kier molecular flexibility index (Phi) is 4.84. The second-order valence-corrected chi connectivity index (χ2v) is 9.02. The maximum absolute atomic E-state index is 12.3. The summed E-state index contributed by atoms with van der Waals surface area (Å²) in [6.45, 7) is 0.496. The molecule has 2 aromatic rings. The Morgan fingerprint density at radius 1 is 1.27 bits per heavy atom. The third-order valence-electron chi connectivity index (χ3n) is 7.26. The molecule has 2 saturated carbocycles. The molecule has 1 aromatic carbocycles. The molecule has 3 fully saturated rings. The number of fused-ring (bicyclic) bond motifs is 1. The average Bonchev–Trinajstić information content (AvgIpc) is 3.55. The quantitative estimate of drug-likeness (QED) is 0.724. The van der Waals surface area contributed by atoms with E-state index in [4.69, 9.17) is 5.73 Å². The van der Waals surface area contributed by atoms with Gasteiger partial charge < -0.3 is 5.73 Å². The van der Waals surface area contributed by atoms with Gasteiger partial charge in [0.05, 0.1) is 23.5 Å². The number of hydrogen-bond acceptors (Lipinski definition) is 5. The number of carbonyl (C=O) groups excluding carboxylic acids is 1. The van der Waals surface area contributed by atoms with E-state index >= 15 is 0 Å². The first-order valence-corrected chi connectivity index (χ1v) is 10.9. The first-order valence-electron chi connectivity index (χ1n) is 10.9. The lowest BCUT2D eigenvalue weighted by molar-refractivity contribution is -0.133. The van der Waals surface area contributed by atoms with Crippen LogP contribution in [0.5, 0.6) is 0 Å². The fraction of sp³-hybridized carbons (Fsp3) is 0.522. The van der Waals surface area contributed by atoms with Crippen LogP contribution in [0.15, 0.2) is 24.4 Å². The van der Waals surface area contributed by atoms with E-state index in [9.17, 15) is 10.1 Å². The third kappa shape index (κ3) is 3.21. The molecule has 1 aliphatic heterocycles. The van der Waals surface area contributed by atoms with Crippen LogP contribution in [0.1, 0.15) is 60.6 Å². The summed E-state index contributed by atoms with van der Waals surface area (Å²) in [5.41, 5.74) is 17.1. The van der Waals surface area contributed by atoms with Crippen LogP contribution in [0.3, 0.4) is 0 Å². The molecule has 0 bridgehead atoms. The summed E-state index contributed by atoms with van der Waals surface area (Å²) in [7, 11) is 1.95. The lowest BCUT2D eigenvalue weighted by atomic mass is 9.68. The monoisotopic (exact) mass is 404 g/mol. The Balaban J connectivity index is 1.52. The summed E-state index contributed by atoms with van der Waals surface area (Å²) in [5, 5.41) is 14.3. The number of carbonyl (C=O) groups is 1. The summed E-state index contributed by atoms with van der Waals surface area (Å²) in [5.74, 6) is 1.24. The van der Waals surface area contributed by atoms with E-state index in [0.29, 0.717) is 23.9 Å². The van der Waals surface area contributed by atoms with E-state index in [1.807, 2.05) is 24.0 Å². The highest BCUT2D eigenvalue weighted by Crippen LogP contribution is 2.46. The van der Waals surface area contributed by atoms with Gasteiger partial charge in [-0.1, -0.05) is 6.07 Å². The van der Waals surface area contributed by atoms with E-state index < -0.39 is 0 Å². The zero-order valence-electron chi connectivity index (χ0n) is 17.3. The topological polar surface area (TPSA) is 109 Å². The standard InChI is InChI=1S/C23H28N6O/c1-29-22(18-8-14(13-2-3-13)4-5-16(18)10-24)20(12-26-29)15-6-7-17-19(9-15)21(11-25)27-28-23(17)30/h4-5,8,12-13,15,17,19,21,27H,2-3,6-7,9,11,25H2,1H3,(H,28,30). The number of rotatable bonds is 4. The highest BCUT2D eigenvalue weighted by molar-refractivity contribution is 5.79. The van der Waals surface area contributed by atoms with Crippen molar-refractivity contribution in [2.24, 2.45) is 24.6 Å². The SMILES string of the molecule is Cn1ncc(C2CCC3C(=O)NNC(CN)C3C2)c1-c1cc(C2CC2)ccc1C#N. The lowest BCUT2D eigenvalue weighted by Gasteiger charge is -2.43. The van der Waals surface area contributed by atoms with Crippen LogP contribution in [-0.2, 0) is 11.8 Å². The summed E-state index contributed by atoms with van der Waals surface area (Å²) < 4.78 is 1.90. The number of amides is 1. The normalized spacial score (nSPS) is 28.5. The average molecular weight is 405 g/mol. The van der Waals surface area contributed by atoms with E-state index in [1.54, 1.807) is 0 Å². The van der Waals surface area contributed by atoms with Gasteiger partial charge in [-0.3, -0.25) is 14.9 Å². The van der Waals surface area contributed by atoms with Crippen LogP contribution >= 0.6 is 0 Å². The lowest BCUT2D eigenvalue weighted by Crippen LogP contribution is -2.62. The Morgan fingerprint density at radius 3 is 2.80 bits per heavy atom. The largest absolute Gasteiger partial charge is 0.329 e. The van der Waals surface area contributed by atoms with Crippen molar-refractivity contribution >= 4 is 5.91 Å². The van der Waals surface area contributed by atoms with Crippen LogP contribution in [0.25, 0.3) is 11.3 Å². The number of nitrogens with two attached hydrogens (primary N) is 1. The molecule has 1 amide bonds. The summed E-state index contributed by atoms with van der Waals surface area (Å²) >= 11 is 0. The Bertz CT molecular complexity index is 1020. The molecule has 7 nitrogen and oxygen atoms in total. The molecule has 1 saturated heterocycles. The van der Waals surface area contributed by atoms with Crippen LogP contribution in [-0.4, -0.2) is 28.3 Å². The van der Waals surface area contributed by atoms with Crippen molar-refractivity contribution in [3.05, 3.63) is 41.1 Å². The van der Waals surface area contributed by atoms with Gasteiger partial charge in [0.15, 0.2) is 0 Å². The Morgan fingerprint density at radius 2 is 2.07 bits per heavy atom. The molecule has 2 aliphatic carbocycles. The summed E-state index contributed by atoms with van der Waals surface area (Å²) in [4.78, 5) is 12.3. The second kappa shape index (κ2) is 7.53. The van der Waals surface area contributed by atoms with Gasteiger partial charge in [-0.2, -0.15) is 10.4 Å². The van der Waals surface area contributed by atoms with Gasteiger partial charge in [0.2, 0.25) is 5.91 Å². The number of hydrazine groups is 1. The van der Waals surface area contributed by atoms with Crippen molar-refractivity contribution in [1.82, 2.24) is 20.6 Å². The van der Waals surface area contributed by atoms with Gasteiger partial charge in [-0.25, -0.2) is 5.43 Å². The maximum Gasteiger partial charge on any atom is 0.237 e. The molecule has 30 heavy (non-hydrogen) atoms. The van der Waals surface area contributed by atoms with Crippen molar-refractivity contribution in [3.8, 4) is 17.3 Å². The molecule has 1 aromatic heterocycles. The fourth-order valence-electron chi connectivity index (χ4n) is 5.46. The van der Waals surface area contributed by atoms with E-state index in [1.165, 1.54) is 24.0 Å². The minimum absolute atomic E-state index is 0.0176. The van der Waals surface area contributed by atoms with E-state index in [2.05, 4.69) is 34.2 Å². The van der Waals surface area contributed by atoms with Crippen LogP contribution in [0.2, 0.25) is 0 Å². The minimum atomic E-state index is 0.0176. The molecule has 0 spiro atoms. The zero-order chi connectivity index (χ0) is 20.8. The fourth-order valence-corrected chi connectivity index (χ4v) is 5.46. The number of nitrogens with one attached hydrogen (secondary N) is 2. The Hall–Kier alpha value is -2.69. The van der Waals surface area contributed by atoms with Crippen molar-refractivity contribution in [2.75, 3.05) is 6.54 Å². The Labute approximate surface area is 176 Å². The van der Waals surface area contributed by atoms with Crippen molar-refractivity contribution in [1.29, 1.82) is 5.26 Å². The van der Waals surface area contributed by atoms with Crippen molar-refractivity contribution < 1.29 is 4.79 Å². The maximum atomic E-state index is 12.3. The van der Waals surface area contributed by atoms with Gasteiger partial charge in [0.1, 0.15) is 0 Å². The smallest absolute Gasteiger partial charge is 0.237 e. The molecule has 5 rings (SSSR count). The third-order valence-corrected chi connectivity index (χ3v) is 7.26. The van der Waals surface area contributed by atoms with E-state index in [0.717, 1.165) is 30.5 Å². The van der Waals surface area contributed by atoms with Crippen LogP contribution < -0.4 is 16.6 Å². The molecule has 4 atom stereocenters. The van der Waals surface area contributed by atoms with Gasteiger partial charge in [0, 0.05) is 36.7 Å². The molecule has 3 aliphatic rings. The molecule has 2 heterocycles. The number of aromatic nitrogens is 2. The number of benzene rings is 1. The first kappa shape index (κ1) is 19.3. The molecule has 156 valence electrons. The summed E-state index contributed by atoms with van der Waals surface area (Å²) in [6, 6.07) is 8.71. The number of nitriles is 1. The van der Waals surface area contributed by atoms with Gasteiger partial charge in [-0.05, 0) is 67.6 Å². The minimum Gasteiger partial charge on any atom is -0.329 e. The zero-order valence-corrected chi connectivity index (χ0v) is 17.3. The number of aryl methyl sites for hydroxylation is 1.